The Kier molecular flexibility index (Phi) is 4.81. The molecule has 7 nitrogen and oxygen atoms in total. The number of benzene rings is 1. The average Bonchev–Trinajstić information content (AvgIpc) is 3.17. The van der Waals surface area contributed by atoms with E-state index in [4.69, 9.17) is 4.74 Å². The molecule has 2 aromatic heterocycles. The minimum absolute atomic E-state index is 0.242. The number of nitrogens with zero attached hydrogens (tertiary/aromatic N) is 4. The van der Waals surface area contributed by atoms with Crippen LogP contribution in [0.3, 0.4) is 0 Å². The third-order valence-electron chi connectivity index (χ3n) is 3.51. The fraction of sp³-hybridized carbons (Fsp3) is 0.176. The first-order chi connectivity index (χ1) is 11.8. The van der Waals surface area contributed by atoms with Crippen molar-refractivity contribution in [1.29, 1.82) is 0 Å². The first kappa shape index (κ1) is 15.7. The standard InChI is InChI=1S/C17H17N5O2/c1-24-14-4-2-13(3-5-14)8-9-19-17(23)15-6-7-16(21-20-15)22-11-10-18-12-22/h2-7,10-12H,8-9H2,1H3,(H,19,23). The number of nitrogens with one attached hydrogen (secondary N) is 1. The fourth-order valence-corrected chi connectivity index (χ4v) is 2.18. The highest BCUT2D eigenvalue weighted by molar-refractivity contribution is 5.92. The highest BCUT2D eigenvalue weighted by Gasteiger charge is 2.08. The summed E-state index contributed by atoms with van der Waals surface area (Å²) in [5, 5.41) is 10.8. The summed E-state index contributed by atoms with van der Waals surface area (Å²) in [5.41, 5.74) is 1.41. The van der Waals surface area contributed by atoms with Crippen LogP contribution in [0.15, 0.2) is 55.1 Å². The molecule has 1 aromatic carbocycles. The van der Waals surface area contributed by atoms with E-state index in [0.717, 1.165) is 17.7 Å². The van der Waals surface area contributed by atoms with Crippen LogP contribution in [0.2, 0.25) is 0 Å². The molecule has 1 N–H and O–H groups in total. The molecule has 0 saturated heterocycles. The predicted molar refractivity (Wildman–Crippen MR) is 88.2 cm³/mol. The third-order valence-corrected chi connectivity index (χ3v) is 3.51. The third kappa shape index (κ3) is 3.75. The molecular weight excluding hydrogens is 306 g/mol. The summed E-state index contributed by atoms with van der Waals surface area (Å²) < 4.78 is 6.84. The lowest BCUT2D eigenvalue weighted by atomic mass is 10.1. The van der Waals surface area contributed by atoms with Crippen molar-refractivity contribution >= 4 is 5.91 Å². The van der Waals surface area contributed by atoms with Gasteiger partial charge in [-0.2, -0.15) is 0 Å². The van der Waals surface area contributed by atoms with Crippen LogP contribution < -0.4 is 10.1 Å². The Bertz CT molecular complexity index is 783. The number of hydrogen-bond acceptors (Lipinski definition) is 5. The largest absolute Gasteiger partial charge is 0.497 e. The predicted octanol–water partition coefficient (Wildman–Crippen LogP) is 1.64. The molecule has 0 fully saturated rings. The number of imidazole rings is 1. The van der Waals surface area contributed by atoms with E-state index in [1.165, 1.54) is 0 Å². The maximum absolute atomic E-state index is 12.1. The van der Waals surface area contributed by atoms with Crippen molar-refractivity contribution in [3.63, 3.8) is 0 Å². The molecule has 1 amide bonds. The molecule has 0 aliphatic rings. The van der Waals surface area contributed by atoms with Crippen LogP contribution in [0.1, 0.15) is 16.1 Å². The lowest BCUT2D eigenvalue weighted by Crippen LogP contribution is -2.26. The quantitative estimate of drug-likeness (QED) is 0.746. The maximum atomic E-state index is 12.1. The van der Waals surface area contributed by atoms with E-state index in [-0.39, 0.29) is 11.6 Å². The number of rotatable bonds is 6. The summed E-state index contributed by atoms with van der Waals surface area (Å²) in [6.45, 7) is 0.524. The summed E-state index contributed by atoms with van der Waals surface area (Å²) in [5.74, 6) is 1.19. The van der Waals surface area contributed by atoms with Crippen molar-refractivity contribution < 1.29 is 9.53 Å². The van der Waals surface area contributed by atoms with Crippen molar-refractivity contribution in [2.45, 2.75) is 6.42 Å². The van der Waals surface area contributed by atoms with Gasteiger partial charge in [0.2, 0.25) is 0 Å². The number of carbonyl (C=O) groups is 1. The van der Waals surface area contributed by atoms with E-state index in [2.05, 4.69) is 20.5 Å². The average molecular weight is 323 g/mol. The Hall–Kier alpha value is -3.22. The van der Waals surface area contributed by atoms with Crippen molar-refractivity contribution in [3.05, 3.63) is 66.4 Å². The van der Waals surface area contributed by atoms with Gasteiger partial charge in [-0.25, -0.2) is 4.98 Å². The van der Waals surface area contributed by atoms with Gasteiger partial charge in [-0.1, -0.05) is 12.1 Å². The van der Waals surface area contributed by atoms with Crippen molar-refractivity contribution in [3.8, 4) is 11.6 Å². The molecule has 0 saturated carbocycles. The van der Waals surface area contributed by atoms with Gasteiger partial charge < -0.3 is 10.1 Å². The minimum atomic E-state index is -0.242. The van der Waals surface area contributed by atoms with Gasteiger partial charge >= 0.3 is 0 Å². The summed E-state index contributed by atoms with van der Waals surface area (Å²) in [6.07, 6.45) is 5.77. The molecule has 3 aromatic rings. The van der Waals surface area contributed by atoms with E-state index in [1.54, 1.807) is 42.5 Å². The van der Waals surface area contributed by atoms with Crippen LogP contribution in [-0.2, 0) is 6.42 Å². The smallest absolute Gasteiger partial charge is 0.271 e. The molecule has 7 heteroatoms. The fourth-order valence-electron chi connectivity index (χ4n) is 2.18. The van der Waals surface area contributed by atoms with Crippen LogP contribution in [0.5, 0.6) is 5.75 Å². The van der Waals surface area contributed by atoms with Gasteiger partial charge in [0.1, 0.15) is 12.1 Å². The molecule has 0 aliphatic carbocycles. The zero-order valence-electron chi connectivity index (χ0n) is 13.2. The van der Waals surface area contributed by atoms with E-state index in [1.807, 2.05) is 24.3 Å². The van der Waals surface area contributed by atoms with E-state index >= 15 is 0 Å². The highest BCUT2D eigenvalue weighted by Crippen LogP contribution is 2.11. The SMILES string of the molecule is COc1ccc(CCNC(=O)c2ccc(-n3ccnc3)nn2)cc1. The second-order valence-corrected chi connectivity index (χ2v) is 5.10. The normalized spacial score (nSPS) is 10.4. The highest BCUT2D eigenvalue weighted by atomic mass is 16.5. The van der Waals surface area contributed by atoms with Gasteiger partial charge in [0, 0.05) is 18.9 Å². The molecule has 0 bridgehead atoms. The number of hydrogen-bond donors (Lipinski definition) is 1. The zero-order chi connectivity index (χ0) is 16.8. The molecule has 0 atom stereocenters. The number of amides is 1. The topological polar surface area (TPSA) is 81.9 Å². The number of carbonyl (C=O) groups excluding carboxylic acids is 1. The van der Waals surface area contributed by atoms with Crippen LogP contribution in [0.4, 0.5) is 0 Å². The van der Waals surface area contributed by atoms with Gasteiger partial charge in [-0.3, -0.25) is 9.36 Å². The summed E-state index contributed by atoms with van der Waals surface area (Å²) in [6, 6.07) is 11.1. The second-order valence-electron chi connectivity index (χ2n) is 5.10. The Morgan fingerprint density at radius 3 is 2.62 bits per heavy atom. The van der Waals surface area contributed by atoms with Gasteiger partial charge in [-0.05, 0) is 36.2 Å². The van der Waals surface area contributed by atoms with Crippen LogP contribution >= 0.6 is 0 Å². The Balaban J connectivity index is 1.53. The van der Waals surface area contributed by atoms with E-state index in [0.29, 0.717) is 12.4 Å². The molecule has 24 heavy (non-hydrogen) atoms. The van der Waals surface area contributed by atoms with Gasteiger partial charge in [0.25, 0.3) is 5.91 Å². The zero-order valence-corrected chi connectivity index (χ0v) is 13.2. The number of aromatic nitrogens is 4. The lowest BCUT2D eigenvalue weighted by molar-refractivity contribution is 0.0948. The van der Waals surface area contributed by atoms with Crippen molar-refractivity contribution in [2.24, 2.45) is 0 Å². The summed E-state index contributed by atoms with van der Waals surface area (Å²) >= 11 is 0. The molecule has 0 aliphatic heterocycles. The summed E-state index contributed by atoms with van der Waals surface area (Å²) in [4.78, 5) is 16.0. The number of methoxy groups -OCH3 is 1. The maximum Gasteiger partial charge on any atom is 0.271 e. The summed E-state index contributed by atoms with van der Waals surface area (Å²) in [7, 11) is 1.63. The minimum Gasteiger partial charge on any atom is -0.497 e. The van der Waals surface area contributed by atoms with E-state index in [9.17, 15) is 4.79 Å². The van der Waals surface area contributed by atoms with E-state index < -0.39 is 0 Å². The molecular formula is C17H17N5O2. The molecule has 0 radical (unpaired) electrons. The Morgan fingerprint density at radius 2 is 2.00 bits per heavy atom. The number of ether oxygens (including phenoxy) is 1. The first-order valence-corrected chi connectivity index (χ1v) is 7.49. The van der Waals surface area contributed by atoms with Crippen LogP contribution in [0, 0.1) is 0 Å². The first-order valence-electron chi connectivity index (χ1n) is 7.49. The van der Waals surface area contributed by atoms with Crippen molar-refractivity contribution in [1.82, 2.24) is 25.1 Å². The van der Waals surface area contributed by atoms with Crippen molar-refractivity contribution in [2.75, 3.05) is 13.7 Å². The Morgan fingerprint density at radius 1 is 1.17 bits per heavy atom. The molecule has 0 spiro atoms. The Labute approximate surface area is 139 Å². The van der Waals surface area contributed by atoms with Crippen LogP contribution in [0.25, 0.3) is 5.82 Å². The molecule has 3 rings (SSSR count). The van der Waals surface area contributed by atoms with Crippen LogP contribution in [-0.4, -0.2) is 39.3 Å². The molecule has 0 unspecified atom stereocenters. The van der Waals surface area contributed by atoms with Gasteiger partial charge in [-0.15, -0.1) is 10.2 Å². The lowest BCUT2D eigenvalue weighted by Gasteiger charge is -2.06. The molecule has 122 valence electrons. The molecule has 2 heterocycles. The monoisotopic (exact) mass is 323 g/mol. The second kappa shape index (κ2) is 7.36. The van der Waals surface area contributed by atoms with Gasteiger partial charge in [0.05, 0.1) is 7.11 Å². The van der Waals surface area contributed by atoms with Gasteiger partial charge in [0.15, 0.2) is 11.5 Å².